The molecule has 0 saturated carbocycles. The normalized spacial score (nSPS) is 15.9. The number of nitrogens with zero attached hydrogens (tertiary/aromatic N) is 2. The standard InChI is InChI=1S/C25H27ClFN3O3S/c1-15(2)12-28-23(31)16-6-8-20-22(10-16)29-25(30(24(20)32)13-19-4-3-9-33-19)34-14-17-5-7-18(27)11-21(17)26/h5-8,10-11,15,19H,3-4,9,12-14H2,1-2H3,(H,28,31)/t19-/m1/s1. The van der Waals surface area contributed by atoms with Crippen LogP contribution in [0.25, 0.3) is 10.9 Å². The molecule has 3 aromatic rings. The summed E-state index contributed by atoms with van der Waals surface area (Å²) in [4.78, 5) is 30.7. The van der Waals surface area contributed by atoms with Crippen molar-refractivity contribution < 1.29 is 13.9 Å². The number of hydrogen-bond donors (Lipinski definition) is 1. The molecule has 9 heteroatoms. The van der Waals surface area contributed by atoms with E-state index < -0.39 is 5.82 Å². The van der Waals surface area contributed by atoms with E-state index >= 15 is 0 Å². The molecule has 1 N–H and O–H groups in total. The van der Waals surface area contributed by atoms with Crippen molar-refractivity contribution >= 4 is 40.2 Å². The lowest BCUT2D eigenvalue weighted by atomic mass is 10.1. The van der Waals surface area contributed by atoms with Gasteiger partial charge in [-0.05, 0) is 54.7 Å². The molecule has 0 bridgehead atoms. The molecule has 1 saturated heterocycles. The number of carbonyl (C=O) groups is 1. The van der Waals surface area contributed by atoms with E-state index in [-0.39, 0.29) is 17.6 Å². The minimum Gasteiger partial charge on any atom is -0.376 e. The van der Waals surface area contributed by atoms with Gasteiger partial charge >= 0.3 is 0 Å². The Bertz CT molecular complexity index is 1260. The van der Waals surface area contributed by atoms with Crippen molar-refractivity contribution in [2.75, 3.05) is 13.2 Å². The fourth-order valence-electron chi connectivity index (χ4n) is 3.78. The highest BCUT2D eigenvalue weighted by Crippen LogP contribution is 2.28. The summed E-state index contributed by atoms with van der Waals surface area (Å²) in [7, 11) is 0. The number of aromatic nitrogens is 2. The molecule has 1 fully saturated rings. The van der Waals surface area contributed by atoms with Crippen LogP contribution in [0, 0.1) is 11.7 Å². The summed E-state index contributed by atoms with van der Waals surface area (Å²) in [5.74, 6) is 0.139. The number of ether oxygens (including phenoxy) is 1. The molecule has 0 aliphatic carbocycles. The lowest BCUT2D eigenvalue weighted by molar-refractivity contribution is 0.0937. The third-order valence-corrected chi connectivity index (χ3v) is 7.01. The third-order valence-electron chi connectivity index (χ3n) is 5.64. The number of fused-ring (bicyclic) bond motifs is 1. The van der Waals surface area contributed by atoms with Crippen LogP contribution in [0.1, 0.15) is 42.6 Å². The average molecular weight is 504 g/mol. The van der Waals surface area contributed by atoms with E-state index in [0.717, 1.165) is 18.4 Å². The summed E-state index contributed by atoms with van der Waals surface area (Å²) < 4.78 is 20.8. The Hall–Kier alpha value is -2.42. The first-order chi connectivity index (χ1) is 16.3. The zero-order valence-electron chi connectivity index (χ0n) is 19.1. The van der Waals surface area contributed by atoms with E-state index in [1.165, 1.54) is 23.9 Å². The number of nitrogens with one attached hydrogen (secondary N) is 1. The molecule has 0 radical (unpaired) electrons. The van der Waals surface area contributed by atoms with Crippen LogP contribution in [0.2, 0.25) is 5.02 Å². The van der Waals surface area contributed by atoms with Crippen LogP contribution in [0.15, 0.2) is 46.3 Å². The zero-order chi connectivity index (χ0) is 24.2. The average Bonchev–Trinajstić information content (AvgIpc) is 3.32. The SMILES string of the molecule is CC(C)CNC(=O)c1ccc2c(=O)n(C[C@H]3CCCO3)c(SCc3ccc(F)cc3Cl)nc2c1. The molecule has 1 aromatic heterocycles. The molecule has 1 aliphatic rings. The summed E-state index contributed by atoms with van der Waals surface area (Å²) in [6, 6.07) is 9.22. The Morgan fingerprint density at radius 1 is 1.32 bits per heavy atom. The number of halogens is 2. The largest absolute Gasteiger partial charge is 0.376 e. The molecular formula is C25H27ClFN3O3S. The van der Waals surface area contributed by atoms with Crippen molar-refractivity contribution in [3.63, 3.8) is 0 Å². The van der Waals surface area contributed by atoms with Crippen molar-refractivity contribution in [2.45, 2.75) is 50.2 Å². The summed E-state index contributed by atoms with van der Waals surface area (Å²) in [5, 5.41) is 4.17. The highest BCUT2D eigenvalue weighted by atomic mass is 35.5. The second-order valence-electron chi connectivity index (χ2n) is 8.81. The smallest absolute Gasteiger partial charge is 0.262 e. The van der Waals surface area contributed by atoms with Crippen LogP contribution >= 0.6 is 23.4 Å². The van der Waals surface area contributed by atoms with Gasteiger partial charge in [-0.3, -0.25) is 14.2 Å². The Kier molecular flexibility index (Phi) is 7.91. The topological polar surface area (TPSA) is 73.2 Å². The van der Waals surface area contributed by atoms with E-state index in [1.807, 2.05) is 13.8 Å². The highest BCUT2D eigenvalue weighted by Gasteiger charge is 2.21. The molecule has 0 spiro atoms. The number of carbonyl (C=O) groups excluding carboxylic acids is 1. The fourth-order valence-corrected chi connectivity index (χ4v) is 5.11. The summed E-state index contributed by atoms with van der Waals surface area (Å²) in [6.07, 6.45) is 1.79. The lowest BCUT2D eigenvalue weighted by Gasteiger charge is -2.17. The van der Waals surface area contributed by atoms with Crippen LogP contribution in [0.3, 0.4) is 0 Å². The van der Waals surface area contributed by atoms with Crippen molar-refractivity contribution in [1.29, 1.82) is 0 Å². The number of thioether (sulfide) groups is 1. The van der Waals surface area contributed by atoms with Crippen LogP contribution in [0.4, 0.5) is 4.39 Å². The van der Waals surface area contributed by atoms with Crippen molar-refractivity contribution in [3.05, 3.63) is 68.7 Å². The first-order valence-corrected chi connectivity index (χ1v) is 12.7. The van der Waals surface area contributed by atoms with E-state index in [2.05, 4.69) is 5.32 Å². The van der Waals surface area contributed by atoms with Crippen LogP contribution in [-0.2, 0) is 17.0 Å². The molecular weight excluding hydrogens is 477 g/mol. The highest BCUT2D eigenvalue weighted by molar-refractivity contribution is 7.98. The first kappa shape index (κ1) is 24.7. The van der Waals surface area contributed by atoms with Gasteiger partial charge in [0, 0.05) is 29.5 Å². The fraction of sp³-hybridized carbons (Fsp3) is 0.400. The molecule has 180 valence electrons. The Labute approximate surface area is 206 Å². The van der Waals surface area contributed by atoms with E-state index in [1.54, 1.807) is 28.8 Å². The van der Waals surface area contributed by atoms with Crippen LogP contribution in [0.5, 0.6) is 0 Å². The maximum Gasteiger partial charge on any atom is 0.262 e. The van der Waals surface area contributed by atoms with Gasteiger partial charge in [0.1, 0.15) is 5.82 Å². The number of hydrogen-bond acceptors (Lipinski definition) is 5. The maximum absolute atomic E-state index is 13.4. The predicted octanol–water partition coefficient (Wildman–Crippen LogP) is 5.05. The molecule has 1 aliphatic heterocycles. The van der Waals surface area contributed by atoms with Gasteiger partial charge in [-0.25, -0.2) is 9.37 Å². The van der Waals surface area contributed by atoms with E-state index in [0.29, 0.717) is 58.0 Å². The maximum atomic E-state index is 13.4. The van der Waals surface area contributed by atoms with Gasteiger partial charge in [0.15, 0.2) is 5.16 Å². The van der Waals surface area contributed by atoms with Gasteiger partial charge in [0.25, 0.3) is 11.5 Å². The summed E-state index contributed by atoms with van der Waals surface area (Å²) >= 11 is 7.55. The van der Waals surface area contributed by atoms with E-state index in [9.17, 15) is 14.0 Å². The van der Waals surface area contributed by atoms with Crippen LogP contribution in [-0.4, -0.2) is 34.7 Å². The molecule has 2 heterocycles. The second kappa shape index (κ2) is 10.9. The van der Waals surface area contributed by atoms with Gasteiger partial charge in [-0.15, -0.1) is 0 Å². The third kappa shape index (κ3) is 5.79. The molecule has 0 unspecified atom stereocenters. The number of rotatable bonds is 8. The number of amides is 1. The van der Waals surface area contributed by atoms with Gasteiger partial charge in [-0.2, -0.15) is 0 Å². The van der Waals surface area contributed by atoms with Crippen molar-refractivity contribution in [2.24, 2.45) is 5.92 Å². The van der Waals surface area contributed by atoms with Gasteiger partial charge < -0.3 is 10.1 Å². The zero-order valence-corrected chi connectivity index (χ0v) is 20.7. The molecule has 4 rings (SSSR count). The molecule has 34 heavy (non-hydrogen) atoms. The molecule has 6 nitrogen and oxygen atoms in total. The lowest BCUT2D eigenvalue weighted by Crippen LogP contribution is -2.29. The van der Waals surface area contributed by atoms with Gasteiger partial charge in [0.05, 0.1) is 23.6 Å². The summed E-state index contributed by atoms with van der Waals surface area (Å²) in [6.45, 7) is 5.69. The van der Waals surface area contributed by atoms with E-state index in [4.69, 9.17) is 21.3 Å². The first-order valence-electron chi connectivity index (χ1n) is 11.3. The molecule has 1 atom stereocenters. The van der Waals surface area contributed by atoms with Crippen molar-refractivity contribution in [1.82, 2.24) is 14.9 Å². The Morgan fingerprint density at radius 3 is 2.85 bits per heavy atom. The summed E-state index contributed by atoms with van der Waals surface area (Å²) in [5.41, 5.74) is 1.48. The molecule has 2 aromatic carbocycles. The van der Waals surface area contributed by atoms with Gasteiger partial charge in [-0.1, -0.05) is 43.3 Å². The second-order valence-corrected chi connectivity index (χ2v) is 10.2. The molecule has 1 amide bonds. The minimum atomic E-state index is -0.402. The number of benzene rings is 2. The van der Waals surface area contributed by atoms with Gasteiger partial charge in [0.2, 0.25) is 0 Å². The monoisotopic (exact) mass is 503 g/mol. The quantitative estimate of drug-likeness (QED) is 0.344. The van der Waals surface area contributed by atoms with Crippen LogP contribution < -0.4 is 10.9 Å². The Morgan fingerprint density at radius 2 is 2.15 bits per heavy atom. The Balaban J connectivity index is 1.69. The van der Waals surface area contributed by atoms with Crippen molar-refractivity contribution in [3.8, 4) is 0 Å². The predicted molar refractivity (Wildman–Crippen MR) is 133 cm³/mol. The minimum absolute atomic E-state index is 0.0493.